The van der Waals surface area contributed by atoms with Crippen LogP contribution in [0.3, 0.4) is 0 Å². The van der Waals surface area contributed by atoms with E-state index in [9.17, 15) is 13.2 Å². The molecule has 0 atom stereocenters. The van der Waals surface area contributed by atoms with Crippen molar-refractivity contribution in [2.45, 2.75) is 32.2 Å². The van der Waals surface area contributed by atoms with Crippen LogP contribution in [-0.2, 0) is 16.6 Å². The smallest absolute Gasteiger partial charge is 0.272 e. The number of aromatic nitrogens is 2. The van der Waals surface area contributed by atoms with Crippen LogP contribution in [0.4, 0.5) is 0 Å². The quantitative estimate of drug-likeness (QED) is 0.805. The average molecular weight is 366 g/mol. The predicted octanol–water partition coefficient (Wildman–Crippen LogP) is 1.46. The molecule has 1 aliphatic heterocycles. The molecule has 25 heavy (non-hydrogen) atoms. The lowest BCUT2D eigenvalue weighted by molar-refractivity contribution is 0.0943. The van der Waals surface area contributed by atoms with Crippen molar-refractivity contribution in [3.63, 3.8) is 0 Å². The van der Waals surface area contributed by atoms with Crippen molar-refractivity contribution in [2.24, 2.45) is 0 Å². The highest BCUT2D eigenvalue weighted by Crippen LogP contribution is 2.28. The lowest BCUT2D eigenvalue weighted by Crippen LogP contribution is -2.38. The highest BCUT2D eigenvalue weighted by Gasteiger charge is 2.28. The standard InChI is InChI=1S/C16H22N4O4S/c1-2-25(22,23)20-7-5-12(6-8-20)14-10-15(19-18-14)16(21)17-11-13-4-3-9-24-13/h3-4,9-10,12H,2,5-8,11H2,1H3,(H,17,21)(H,18,19). The number of aromatic amines is 1. The van der Waals surface area contributed by atoms with Crippen LogP contribution in [0.1, 0.15) is 47.6 Å². The minimum Gasteiger partial charge on any atom is -0.467 e. The van der Waals surface area contributed by atoms with Crippen molar-refractivity contribution in [1.82, 2.24) is 19.8 Å². The van der Waals surface area contributed by atoms with Gasteiger partial charge in [0, 0.05) is 24.7 Å². The van der Waals surface area contributed by atoms with Gasteiger partial charge in [-0.2, -0.15) is 5.10 Å². The summed E-state index contributed by atoms with van der Waals surface area (Å²) >= 11 is 0. The van der Waals surface area contributed by atoms with E-state index < -0.39 is 10.0 Å². The van der Waals surface area contributed by atoms with Gasteiger partial charge in [0.15, 0.2) is 0 Å². The molecule has 136 valence electrons. The number of furan rings is 1. The lowest BCUT2D eigenvalue weighted by Gasteiger charge is -2.30. The number of piperidine rings is 1. The van der Waals surface area contributed by atoms with Crippen LogP contribution in [0.2, 0.25) is 0 Å². The van der Waals surface area contributed by atoms with Gasteiger partial charge in [-0.25, -0.2) is 12.7 Å². The summed E-state index contributed by atoms with van der Waals surface area (Å²) in [4.78, 5) is 12.1. The van der Waals surface area contributed by atoms with Gasteiger partial charge >= 0.3 is 0 Å². The van der Waals surface area contributed by atoms with E-state index in [0.717, 1.165) is 18.5 Å². The molecule has 0 aromatic carbocycles. The first-order valence-corrected chi connectivity index (χ1v) is 9.94. The highest BCUT2D eigenvalue weighted by atomic mass is 32.2. The Hall–Kier alpha value is -2.13. The molecule has 2 aromatic rings. The molecular formula is C16H22N4O4S. The molecule has 0 radical (unpaired) electrons. The Kier molecular flexibility index (Phi) is 5.24. The number of nitrogens with zero attached hydrogens (tertiary/aromatic N) is 2. The molecule has 0 bridgehead atoms. The number of carbonyl (C=O) groups excluding carboxylic acids is 1. The second kappa shape index (κ2) is 7.40. The van der Waals surface area contributed by atoms with Crippen LogP contribution in [-0.4, -0.2) is 47.7 Å². The van der Waals surface area contributed by atoms with Gasteiger partial charge in [0.25, 0.3) is 5.91 Å². The third-order valence-corrected chi connectivity index (χ3v) is 6.37. The Balaban J connectivity index is 1.56. The number of carbonyl (C=O) groups is 1. The van der Waals surface area contributed by atoms with Crippen molar-refractivity contribution >= 4 is 15.9 Å². The second-order valence-electron chi connectivity index (χ2n) is 6.04. The fourth-order valence-electron chi connectivity index (χ4n) is 2.96. The zero-order valence-corrected chi connectivity index (χ0v) is 14.9. The number of sulfonamides is 1. The lowest BCUT2D eigenvalue weighted by atomic mass is 9.94. The number of amides is 1. The fraction of sp³-hybridized carbons (Fsp3) is 0.500. The predicted molar refractivity (Wildman–Crippen MR) is 91.5 cm³/mol. The van der Waals surface area contributed by atoms with Crippen LogP contribution >= 0.6 is 0 Å². The van der Waals surface area contributed by atoms with E-state index in [2.05, 4.69) is 15.5 Å². The topological polar surface area (TPSA) is 108 Å². The largest absolute Gasteiger partial charge is 0.467 e. The number of nitrogens with one attached hydrogen (secondary N) is 2. The normalized spacial score (nSPS) is 16.8. The molecule has 0 saturated carbocycles. The zero-order chi connectivity index (χ0) is 17.9. The average Bonchev–Trinajstić information content (AvgIpc) is 3.31. The minimum atomic E-state index is -3.13. The van der Waals surface area contributed by atoms with Crippen molar-refractivity contribution in [1.29, 1.82) is 0 Å². The van der Waals surface area contributed by atoms with E-state index >= 15 is 0 Å². The molecule has 2 N–H and O–H groups in total. The van der Waals surface area contributed by atoms with Crippen molar-refractivity contribution in [3.8, 4) is 0 Å². The van der Waals surface area contributed by atoms with Crippen LogP contribution in [0.15, 0.2) is 28.9 Å². The summed E-state index contributed by atoms with van der Waals surface area (Å²) in [6.45, 7) is 2.96. The number of rotatable bonds is 6. The Morgan fingerprint density at radius 3 is 2.84 bits per heavy atom. The molecule has 0 unspecified atom stereocenters. The molecule has 1 saturated heterocycles. The zero-order valence-electron chi connectivity index (χ0n) is 14.1. The Morgan fingerprint density at radius 1 is 1.44 bits per heavy atom. The Labute approximate surface area is 146 Å². The van der Waals surface area contributed by atoms with Crippen LogP contribution in [0.5, 0.6) is 0 Å². The van der Waals surface area contributed by atoms with Crippen LogP contribution in [0.25, 0.3) is 0 Å². The molecule has 0 spiro atoms. The van der Waals surface area contributed by atoms with Crippen molar-refractivity contribution in [2.75, 3.05) is 18.8 Å². The molecule has 8 nitrogen and oxygen atoms in total. The monoisotopic (exact) mass is 366 g/mol. The van der Waals surface area contributed by atoms with Crippen LogP contribution < -0.4 is 5.32 Å². The first-order valence-electron chi connectivity index (χ1n) is 8.33. The maximum Gasteiger partial charge on any atom is 0.272 e. The number of hydrogen-bond donors (Lipinski definition) is 2. The van der Waals surface area contributed by atoms with Gasteiger partial charge in [-0.05, 0) is 38.0 Å². The van der Waals surface area contributed by atoms with Gasteiger partial charge in [0.2, 0.25) is 10.0 Å². The minimum absolute atomic E-state index is 0.127. The van der Waals surface area contributed by atoms with Gasteiger partial charge in [0.05, 0.1) is 18.6 Å². The highest BCUT2D eigenvalue weighted by molar-refractivity contribution is 7.89. The molecule has 2 aromatic heterocycles. The van der Waals surface area contributed by atoms with Gasteiger partial charge < -0.3 is 9.73 Å². The summed E-state index contributed by atoms with van der Waals surface area (Å²) in [7, 11) is -3.13. The molecule has 1 fully saturated rings. The SMILES string of the molecule is CCS(=O)(=O)N1CCC(c2cc(C(=O)NCc3ccco3)n[nH]2)CC1. The van der Waals surface area contributed by atoms with Gasteiger partial charge in [0.1, 0.15) is 11.5 Å². The molecule has 3 rings (SSSR count). The van der Waals surface area contributed by atoms with E-state index in [-0.39, 0.29) is 17.6 Å². The summed E-state index contributed by atoms with van der Waals surface area (Å²) in [6.07, 6.45) is 2.99. The molecule has 0 aliphatic carbocycles. The molecule has 3 heterocycles. The van der Waals surface area contributed by atoms with Gasteiger partial charge in [-0.3, -0.25) is 9.89 Å². The summed E-state index contributed by atoms with van der Waals surface area (Å²) in [6, 6.07) is 5.29. The first-order chi connectivity index (χ1) is 12.0. The summed E-state index contributed by atoms with van der Waals surface area (Å²) in [5, 5.41) is 9.74. The summed E-state index contributed by atoms with van der Waals surface area (Å²) in [5.41, 5.74) is 1.20. The van der Waals surface area contributed by atoms with Crippen molar-refractivity contribution < 1.29 is 17.6 Å². The Bertz CT molecular complexity index is 805. The van der Waals surface area contributed by atoms with Crippen molar-refractivity contribution in [3.05, 3.63) is 41.6 Å². The van der Waals surface area contributed by atoms with E-state index in [1.54, 1.807) is 31.4 Å². The Morgan fingerprint density at radius 2 is 2.20 bits per heavy atom. The number of hydrogen-bond acceptors (Lipinski definition) is 5. The molecule has 9 heteroatoms. The molecule has 1 amide bonds. The third kappa shape index (κ3) is 4.10. The van der Waals surface area contributed by atoms with E-state index in [0.29, 0.717) is 31.1 Å². The second-order valence-corrected chi connectivity index (χ2v) is 8.30. The number of H-pyrrole nitrogens is 1. The van der Waals surface area contributed by atoms with Crippen LogP contribution in [0, 0.1) is 0 Å². The summed E-state index contributed by atoms with van der Waals surface area (Å²) < 4.78 is 30.5. The van der Waals surface area contributed by atoms with Gasteiger partial charge in [-0.15, -0.1) is 0 Å². The van der Waals surface area contributed by atoms with Gasteiger partial charge in [-0.1, -0.05) is 0 Å². The van der Waals surface area contributed by atoms with E-state index in [1.807, 2.05) is 0 Å². The molecular weight excluding hydrogens is 344 g/mol. The maximum atomic E-state index is 12.1. The maximum absolute atomic E-state index is 12.1. The molecule has 1 aliphatic rings. The third-order valence-electron chi connectivity index (χ3n) is 4.49. The fourth-order valence-corrected chi connectivity index (χ4v) is 4.09. The summed E-state index contributed by atoms with van der Waals surface area (Å²) in [5.74, 6) is 0.711. The first kappa shape index (κ1) is 17.7. The van der Waals surface area contributed by atoms with E-state index in [1.165, 1.54) is 4.31 Å². The van der Waals surface area contributed by atoms with E-state index in [4.69, 9.17) is 4.42 Å².